The lowest BCUT2D eigenvalue weighted by atomic mass is 9.75. The fourth-order valence-corrected chi connectivity index (χ4v) is 5.00. The average Bonchev–Trinajstić information content (AvgIpc) is 2.84. The van der Waals surface area contributed by atoms with Gasteiger partial charge < -0.3 is 5.32 Å². The third kappa shape index (κ3) is 4.23. The van der Waals surface area contributed by atoms with Crippen molar-refractivity contribution in [2.45, 2.75) is 91.5 Å². The molecule has 0 spiro atoms. The van der Waals surface area contributed by atoms with E-state index in [1.807, 2.05) is 0 Å². The zero-order valence-electron chi connectivity index (χ0n) is 14.4. The van der Waals surface area contributed by atoms with Crippen LogP contribution in [0.5, 0.6) is 0 Å². The van der Waals surface area contributed by atoms with Crippen molar-refractivity contribution in [3.63, 3.8) is 0 Å². The van der Waals surface area contributed by atoms with Crippen molar-refractivity contribution in [3.05, 3.63) is 0 Å². The average molecular weight is 280 g/mol. The molecule has 2 aliphatic rings. The molecule has 1 heteroatoms. The van der Waals surface area contributed by atoms with E-state index in [-0.39, 0.29) is 0 Å². The lowest BCUT2D eigenvalue weighted by Gasteiger charge is -2.39. The van der Waals surface area contributed by atoms with Gasteiger partial charge in [0.15, 0.2) is 0 Å². The lowest BCUT2D eigenvalue weighted by molar-refractivity contribution is 0.161. The third-order valence-electron chi connectivity index (χ3n) is 5.92. The largest absolute Gasteiger partial charge is 0.313 e. The monoisotopic (exact) mass is 279 g/mol. The summed E-state index contributed by atoms with van der Waals surface area (Å²) in [6.07, 6.45) is 13.1. The highest BCUT2D eigenvalue weighted by molar-refractivity contribution is 4.91. The molecule has 118 valence electrons. The van der Waals surface area contributed by atoms with E-state index < -0.39 is 0 Å². The van der Waals surface area contributed by atoms with E-state index in [1.165, 1.54) is 64.3 Å². The summed E-state index contributed by atoms with van der Waals surface area (Å²) >= 11 is 0. The molecule has 2 unspecified atom stereocenters. The molecule has 0 saturated heterocycles. The Hall–Kier alpha value is -0.0400. The van der Waals surface area contributed by atoms with E-state index >= 15 is 0 Å². The Bertz CT molecular complexity index is 275. The number of rotatable bonds is 6. The highest BCUT2D eigenvalue weighted by Gasteiger charge is 2.36. The van der Waals surface area contributed by atoms with E-state index in [9.17, 15) is 0 Å². The molecule has 2 aliphatic carbocycles. The van der Waals surface area contributed by atoms with Crippen molar-refractivity contribution in [1.82, 2.24) is 5.32 Å². The molecular formula is C19H37N. The van der Waals surface area contributed by atoms with Crippen LogP contribution in [0.2, 0.25) is 0 Å². The van der Waals surface area contributed by atoms with Crippen LogP contribution in [0.15, 0.2) is 0 Å². The van der Waals surface area contributed by atoms with Gasteiger partial charge in [0.2, 0.25) is 0 Å². The van der Waals surface area contributed by atoms with Crippen LogP contribution in [0.4, 0.5) is 0 Å². The van der Waals surface area contributed by atoms with Crippen LogP contribution < -0.4 is 5.32 Å². The maximum absolute atomic E-state index is 4.04. The fourth-order valence-electron chi connectivity index (χ4n) is 5.00. The van der Waals surface area contributed by atoms with Crippen molar-refractivity contribution in [1.29, 1.82) is 0 Å². The Morgan fingerprint density at radius 2 is 1.60 bits per heavy atom. The van der Waals surface area contributed by atoms with Gasteiger partial charge in [-0.15, -0.1) is 0 Å². The minimum absolute atomic E-state index is 0.632. The Morgan fingerprint density at radius 1 is 0.950 bits per heavy atom. The maximum atomic E-state index is 4.04. The van der Waals surface area contributed by atoms with Crippen LogP contribution in [-0.2, 0) is 0 Å². The molecule has 2 rings (SSSR count). The Morgan fingerprint density at radius 3 is 2.20 bits per heavy atom. The molecule has 20 heavy (non-hydrogen) atoms. The molecule has 0 aromatic heterocycles. The minimum Gasteiger partial charge on any atom is -0.313 e. The predicted molar refractivity (Wildman–Crippen MR) is 88.9 cm³/mol. The molecular weight excluding hydrogens is 242 g/mol. The van der Waals surface area contributed by atoms with Crippen LogP contribution in [0.3, 0.4) is 0 Å². The zero-order valence-corrected chi connectivity index (χ0v) is 14.4. The van der Waals surface area contributed by atoms with Gasteiger partial charge in [0.25, 0.3) is 0 Å². The first kappa shape index (κ1) is 16.3. The van der Waals surface area contributed by atoms with Crippen molar-refractivity contribution in [2.24, 2.45) is 23.2 Å². The van der Waals surface area contributed by atoms with Gasteiger partial charge in [-0.05, 0) is 55.3 Å². The summed E-state index contributed by atoms with van der Waals surface area (Å²) < 4.78 is 0. The molecule has 1 N–H and O–H groups in total. The molecule has 2 saturated carbocycles. The van der Waals surface area contributed by atoms with Gasteiger partial charge in [-0.25, -0.2) is 0 Å². The molecule has 0 radical (unpaired) electrons. The van der Waals surface area contributed by atoms with E-state index in [0.29, 0.717) is 5.41 Å². The predicted octanol–water partition coefficient (Wildman–Crippen LogP) is 5.40. The van der Waals surface area contributed by atoms with E-state index in [4.69, 9.17) is 0 Å². The van der Waals surface area contributed by atoms with Crippen LogP contribution in [0.1, 0.15) is 85.5 Å². The highest BCUT2D eigenvalue weighted by atomic mass is 14.9. The van der Waals surface area contributed by atoms with Crippen molar-refractivity contribution in [2.75, 3.05) is 6.54 Å². The second-order valence-electron chi connectivity index (χ2n) is 8.48. The Balaban J connectivity index is 1.90. The topological polar surface area (TPSA) is 12.0 Å². The maximum Gasteiger partial charge on any atom is 0.00979 e. The molecule has 2 fully saturated rings. The Kier molecular flexibility index (Phi) is 5.95. The second kappa shape index (κ2) is 7.29. The smallest absolute Gasteiger partial charge is 0.00979 e. The summed E-state index contributed by atoms with van der Waals surface area (Å²) in [5.41, 5.74) is 0.632. The first-order valence-electron chi connectivity index (χ1n) is 9.26. The first-order chi connectivity index (χ1) is 9.52. The van der Waals surface area contributed by atoms with Gasteiger partial charge in [-0.3, -0.25) is 0 Å². The zero-order chi connectivity index (χ0) is 14.6. The second-order valence-corrected chi connectivity index (χ2v) is 8.48. The van der Waals surface area contributed by atoms with Crippen LogP contribution in [-0.4, -0.2) is 12.6 Å². The summed E-state index contributed by atoms with van der Waals surface area (Å²) in [4.78, 5) is 0. The molecule has 2 atom stereocenters. The molecule has 0 aliphatic heterocycles. The molecule has 0 aromatic rings. The molecule has 0 bridgehead atoms. The molecule has 0 heterocycles. The fraction of sp³-hybridized carbons (Fsp3) is 1.00. The van der Waals surface area contributed by atoms with Gasteiger partial charge in [-0.1, -0.05) is 53.4 Å². The normalized spacial score (nSPS) is 30.3. The van der Waals surface area contributed by atoms with Crippen LogP contribution in [0.25, 0.3) is 0 Å². The number of nitrogens with one attached hydrogen (secondary N) is 1. The summed E-state index contributed by atoms with van der Waals surface area (Å²) in [6.45, 7) is 10.9. The van der Waals surface area contributed by atoms with Crippen molar-refractivity contribution < 1.29 is 0 Å². The minimum atomic E-state index is 0.632. The van der Waals surface area contributed by atoms with E-state index in [2.05, 4.69) is 33.0 Å². The lowest BCUT2D eigenvalue weighted by Crippen LogP contribution is -2.45. The van der Waals surface area contributed by atoms with Gasteiger partial charge in [0.05, 0.1) is 0 Å². The van der Waals surface area contributed by atoms with Gasteiger partial charge >= 0.3 is 0 Å². The van der Waals surface area contributed by atoms with Gasteiger partial charge in [0, 0.05) is 12.6 Å². The molecule has 1 nitrogen and oxygen atoms in total. The van der Waals surface area contributed by atoms with E-state index in [0.717, 1.165) is 23.8 Å². The number of hydrogen-bond donors (Lipinski definition) is 1. The standard InChI is InChI=1S/C19H37N/c1-15(2)13-19(11-7-8-12-19)14-20-18-10-6-5-9-17(18)16(3)4/h15-18,20H,5-14H2,1-4H3. The van der Waals surface area contributed by atoms with Gasteiger partial charge in [0.1, 0.15) is 0 Å². The summed E-state index contributed by atoms with van der Waals surface area (Å²) in [7, 11) is 0. The van der Waals surface area contributed by atoms with Crippen molar-refractivity contribution in [3.8, 4) is 0 Å². The SMILES string of the molecule is CC(C)CC1(CNC2CCCCC2C(C)C)CCCC1. The van der Waals surface area contributed by atoms with Crippen LogP contribution >= 0.6 is 0 Å². The highest BCUT2D eigenvalue weighted by Crippen LogP contribution is 2.43. The van der Waals surface area contributed by atoms with Gasteiger partial charge in [-0.2, -0.15) is 0 Å². The molecule has 0 amide bonds. The number of hydrogen-bond acceptors (Lipinski definition) is 1. The Labute approximate surface area is 127 Å². The van der Waals surface area contributed by atoms with Crippen molar-refractivity contribution >= 4 is 0 Å². The summed E-state index contributed by atoms with van der Waals surface area (Å²) in [5.74, 6) is 2.61. The molecule has 0 aromatic carbocycles. The quantitative estimate of drug-likeness (QED) is 0.686. The summed E-state index contributed by atoms with van der Waals surface area (Å²) in [6, 6.07) is 0.799. The third-order valence-corrected chi connectivity index (χ3v) is 5.92. The van der Waals surface area contributed by atoms with E-state index in [1.54, 1.807) is 0 Å². The summed E-state index contributed by atoms with van der Waals surface area (Å²) in [5, 5.41) is 4.04. The first-order valence-corrected chi connectivity index (χ1v) is 9.26. The van der Waals surface area contributed by atoms with Crippen LogP contribution in [0, 0.1) is 23.2 Å².